The molecule has 3 rings (SSSR count). The number of rotatable bonds is 6. The van der Waals surface area contributed by atoms with Crippen molar-refractivity contribution < 1.29 is 14.3 Å². The fourth-order valence-corrected chi connectivity index (χ4v) is 2.99. The Kier molecular flexibility index (Phi) is 5.71. The highest BCUT2D eigenvalue weighted by Gasteiger charge is 2.16. The zero-order chi connectivity index (χ0) is 17.6. The van der Waals surface area contributed by atoms with Crippen LogP contribution in [0.1, 0.15) is 34.3 Å². The number of nitrogens with zero attached hydrogens (tertiary/aromatic N) is 1. The van der Waals surface area contributed by atoms with Crippen LogP contribution in [0.4, 0.5) is 0 Å². The highest BCUT2D eigenvalue weighted by atomic mass is 16.5. The van der Waals surface area contributed by atoms with Gasteiger partial charge in [-0.1, -0.05) is 24.3 Å². The van der Waals surface area contributed by atoms with Gasteiger partial charge in [0.2, 0.25) is 0 Å². The average Bonchev–Trinajstić information content (AvgIpc) is 3.15. The van der Waals surface area contributed by atoms with E-state index in [0.29, 0.717) is 18.7 Å². The second-order valence-electron chi connectivity index (χ2n) is 6.56. The van der Waals surface area contributed by atoms with Gasteiger partial charge in [-0.3, -0.25) is 4.79 Å². The predicted octanol–water partition coefficient (Wildman–Crippen LogP) is 3.83. The lowest BCUT2D eigenvalue weighted by molar-refractivity contribution is 0.0679. The SMILES string of the molecule is Cc1ccccc1CN(C)C(=O)c1ccc(OCC2CCCO2)cc1. The molecule has 0 spiro atoms. The number of ether oxygens (including phenoxy) is 2. The van der Waals surface area contributed by atoms with Crippen LogP contribution in [-0.2, 0) is 11.3 Å². The van der Waals surface area contributed by atoms with Gasteiger partial charge in [0.25, 0.3) is 5.91 Å². The number of hydrogen-bond acceptors (Lipinski definition) is 3. The topological polar surface area (TPSA) is 38.8 Å². The van der Waals surface area contributed by atoms with Crippen LogP contribution in [0.5, 0.6) is 5.75 Å². The van der Waals surface area contributed by atoms with Gasteiger partial charge in [-0.2, -0.15) is 0 Å². The van der Waals surface area contributed by atoms with E-state index >= 15 is 0 Å². The monoisotopic (exact) mass is 339 g/mol. The van der Waals surface area contributed by atoms with E-state index in [1.165, 1.54) is 5.56 Å². The Morgan fingerprint density at radius 1 is 1.20 bits per heavy atom. The Balaban J connectivity index is 1.57. The van der Waals surface area contributed by atoms with Crippen molar-refractivity contribution in [2.75, 3.05) is 20.3 Å². The molecule has 4 heteroatoms. The first-order chi connectivity index (χ1) is 12.1. The Bertz CT molecular complexity index is 705. The van der Waals surface area contributed by atoms with Gasteiger partial charge in [0, 0.05) is 25.8 Å². The molecule has 1 heterocycles. The molecule has 1 amide bonds. The third kappa shape index (κ3) is 4.60. The summed E-state index contributed by atoms with van der Waals surface area (Å²) in [5.74, 6) is 0.780. The van der Waals surface area contributed by atoms with Crippen LogP contribution in [0.2, 0.25) is 0 Å². The van der Waals surface area contributed by atoms with Gasteiger partial charge in [0.1, 0.15) is 12.4 Å². The Morgan fingerprint density at radius 3 is 2.64 bits per heavy atom. The van der Waals surface area contributed by atoms with Crippen molar-refractivity contribution in [3.8, 4) is 5.75 Å². The largest absolute Gasteiger partial charge is 0.491 e. The van der Waals surface area contributed by atoms with Gasteiger partial charge in [0.15, 0.2) is 0 Å². The molecule has 2 aromatic carbocycles. The number of hydrogen-bond donors (Lipinski definition) is 0. The molecule has 0 saturated carbocycles. The Hall–Kier alpha value is -2.33. The molecular formula is C21H25NO3. The quantitative estimate of drug-likeness (QED) is 0.803. The maximum Gasteiger partial charge on any atom is 0.253 e. The maximum atomic E-state index is 12.6. The number of aryl methyl sites for hydroxylation is 1. The van der Waals surface area contributed by atoms with Crippen LogP contribution in [-0.4, -0.2) is 37.2 Å². The lowest BCUT2D eigenvalue weighted by Gasteiger charge is -2.19. The van der Waals surface area contributed by atoms with Crippen molar-refractivity contribution in [2.45, 2.75) is 32.4 Å². The molecule has 25 heavy (non-hydrogen) atoms. The van der Waals surface area contributed by atoms with Crippen molar-refractivity contribution in [1.82, 2.24) is 4.90 Å². The third-order valence-corrected chi connectivity index (χ3v) is 4.58. The first-order valence-corrected chi connectivity index (χ1v) is 8.78. The van der Waals surface area contributed by atoms with Gasteiger partial charge in [-0.25, -0.2) is 0 Å². The van der Waals surface area contributed by atoms with E-state index in [2.05, 4.69) is 19.1 Å². The van der Waals surface area contributed by atoms with Crippen molar-refractivity contribution in [1.29, 1.82) is 0 Å². The molecule has 0 N–H and O–H groups in total. The molecule has 1 fully saturated rings. The van der Waals surface area contributed by atoms with Gasteiger partial charge in [0.05, 0.1) is 6.10 Å². The lowest BCUT2D eigenvalue weighted by Crippen LogP contribution is -2.26. The number of amides is 1. The predicted molar refractivity (Wildman–Crippen MR) is 97.9 cm³/mol. The van der Waals surface area contributed by atoms with Gasteiger partial charge < -0.3 is 14.4 Å². The Labute approximate surface area is 149 Å². The molecule has 2 aromatic rings. The van der Waals surface area contributed by atoms with Gasteiger partial charge >= 0.3 is 0 Å². The number of carbonyl (C=O) groups excluding carboxylic acids is 1. The van der Waals surface area contributed by atoms with Crippen molar-refractivity contribution in [3.05, 3.63) is 65.2 Å². The summed E-state index contributed by atoms with van der Waals surface area (Å²) in [5.41, 5.74) is 3.02. The molecule has 0 aromatic heterocycles. The van der Waals surface area contributed by atoms with E-state index in [4.69, 9.17) is 9.47 Å². The molecule has 1 unspecified atom stereocenters. The first-order valence-electron chi connectivity index (χ1n) is 8.78. The van der Waals surface area contributed by atoms with Gasteiger partial charge in [-0.15, -0.1) is 0 Å². The molecule has 4 nitrogen and oxygen atoms in total. The minimum Gasteiger partial charge on any atom is -0.491 e. The summed E-state index contributed by atoms with van der Waals surface area (Å²) >= 11 is 0. The second kappa shape index (κ2) is 8.17. The fourth-order valence-electron chi connectivity index (χ4n) is 2.99. The second-order valence-corrected chi connectivity index (χ2v) is 6.56. The molecule has 0 radical (unpaired) electrons. The van der Waals surface area contributed by atoms with Crippen molar-refractivity contribution in [3.63, 3.8) is 0 Å². The zero-order valence-corrected chi connectivity index (χ0v) is 14.9. The molecule has 0 bridgehead atoms. The lowest BCUT2D eigenvalue weighted by atomic mass is 10.1. The third-order valence-electron chi connectivity index (χ3n) is 4.58. The van der Waals surface area contributed by atoms with Crippen LogP contribution < -0.4 is 4.74 Å². The molecule has 1 saturated heterocycles. The summed E-state index contributed by atoms with van der Waals surface area (Å²) in [5, 5.41) is 0. The maximum absolute atomic E-state index is 12.6. The van der Waals surface area contributed by atoms with Crippen LogP contribution >= 0.6 is 0 Å². The van der Waals surface area contributed by atoms with E-state index in [1.54, 1.807) is 4.90 Å². The van der Waals surface area contributed by atoms with Crippen LogP contribution in [0.25, 0.3) is 0 Å². The molecule has 1 aliphatic heterocycles. The fraction of sp³-hybridized carbons (Fsp3) is 0.381. The van der Waals surface area contributed by atoms with Crippen LogP contribution in [0, 0.1) is 6.92 Å². The zero-order valence-electron chi connectivity index (χ0n) is 14.9. The average molecular weight is 339 g/mol. The summed E-state index contributed by atoms with van der Waals surface area (Å²) in [7, 11) is 1.83. The van der Waals surface area contributed by atoms with E-state index in [-0.39, 0.29) is 12.0 Å². The van der Waals surface area contributed by atoms with Crippen molar-refractivity contribution in [2.24, 2.45) is 0 Å². The van der Waals surface area contributed by atoms with Crippen LogP contribution in [0.3, 0.4) is 0 Å². The summed E-state index contributed by atoms with van der Waals surface area (Å²) in [4.78, 5) is 14.3. The summed E-state index contributed by atoms with van der Waals surface area (Å²) in [6, 6.07) is 15.5. The minimum absolute atomic E-state index is 0.00827. The highest BCUT2D eigenvalue weighted by Crippen LogP contribution is 2.18. The van der Waals surface area contributed by atoms with E-state index < -0.39 is 0 Å². The van der Waals surface area contributed by atoms with Gasteiger partial charge in [-0.05, 0) is 55.2 Å². The molecule has 0 aliphatic carbocycles. The first kappa shape index (κ1) is 17.5. The molecular weight excluding hydrogens is 314 g/mol. The molecule has 1 atom stereocenters. The smallest absolute Gasteiger partial charge is 0.253 e. The summed E-state index contributed by atoms with van der Waals surface area (Å²) < 4.78 is 11.3. The Morgan fingerprint density at radius 2 is 1.96 bits per heavy atom. The highest BCUT2D eigenvalue weighted by molar-refractivity contribution is 5.94. The molecule has 1 aliphatic rings. The van der Waals surface area contributed by atoms with E-state index in [9.17, 15) is 4.79 Å². The summed E-state index contributed by atoms with van der Waals surface area (Å²) in [6.07, 6.45) is 2.36. The number of benzene rings is 2. The number of carbonyl (C=O) groups is 1. The normalized spacial score (nSPS) is 16.6. The van der Waals surface area contributed by atoms with E-state index in [1.807, 2.05) is 43.4 Å². The minimum atomic E-state index is 0.00827. The molecule has 132 valence electrons. The van der Waals surface area contributed by atoms with Crippen LogP contribution in [0.15, 0.2) is 48.5 Å². The standard InChI is InChI=1S/C21H25NO3/c1-16-6-3-4-7-18(16)14-22(2)21(23)17-9-11-19(12-10-17)25-15-20-8-5-13-24-20/h3-4,6-7,9-12,20H,5,8,13-15H2,1-2H3. The van der Waals surface area contributed by atoms with Crippen molar-refractivity contribution >= 4 is 5.91 Å². The summed E-state index contributed by atoms with van der Waals surface area (Å²) in [6.45, 7) is 4.06. The van der Waals surface area contributed by atoms with E-state index in [0.717, 1.165) is 30.8 Å².